The number of aliphatic hydroxyl groups excluding tert-OH is 1. The molecule has 1 N–H and O–H groups in total. The van der Waals surface area contributed by atoms with Gasteiger partial charge in [-0.15, -0.1) is 0 Å². The average Bonchev–Trinajstić information content (AvgIpc) is 2.17. The Morgan fingerprint density at radius 2 is 1.93 bits per heavy atom. The molecule has 15 heavy (non-hydrogen) atoms. The molecule has 1 nitrogen and oxygen atoms in total. The maximum Gasteiger partial charge on any atom is 0.0790 e. The molecule has 0 heterocycles. The molecule has 0 aliphatic heterocycles. The molecule has 0 saturated heterocycles. The molecule has 0 aliphatic rings. The van der Waals surface area contributed by atoms with E-state index in [1.807, 2.05) is 12.1 Å². The van der Waals surface area contributed by atoms with Gasteiger partial charge < -0.3 is 5.11 Å². The van der Waals surface area contributed by atoms with Crippen molar-refractivity contribution >= 4 is 0 Å². The Morgan fingerprint density at radius 1 is 1.20 bits per heavy atom. The monoisotopic (exact) mass is 206 g/mol. The first-order valence-electron chi connectivity index (χ1n) is 5.84. The average molecular weight is 206 g/mol. The van der Waals surface area contributed by atoms with E-state index >= 15 is 0 Å². The fourth-order valence-corrected chi connectivity index (χ4v) is 1.76. The van der Waals surface area contributed by atoms with Crippen LogP contribution in [0.1, 0.15) is 50.3 Å². The lowest BCUT2D eigenvalue weighted by Gasteiger charge is -2.12. The zero-order valence-electron chi connectivity index (χ0n) is 10.0. The molecule has 1 unspecified atom stereocenters. The predicted octanol–water partition coefficient (Wildman–Crippen LogP) is 3.85. The Morgan fingerprint density at radius 3 is 2.53 bits per heavy atom. The van der Waals surface area contributed by atoms with Crippen LogP contribution in [0.5, 0.6) is 0 Å². The highest BCUT2D eigenvalue weighted by Crippen LogP contribution is 2.21. The van der Waals surface area contributed by atoms with E-state index in [-0.39, 0.29) is 6.10 Å². The van der Waals surface area contributed by atoms with Gasteiger partial charge in [-0.05, 0) is 24.8 Å². The highest BCUT2D eigenvalue weighted by molar-refractivity contribution is 5.23. The van der Waals surface area contributed by atoms with Gasteiger partial charge in [0.1, 0.15) is 0 Å². The number of benzene rings is 1. The summed E-state index contributed by atoms with van der Waals surface area (Å²) >= 11 is 0. The molecular formula is C14H22O. The molecule has 1 rings (SSSR count). The van der Waals surface area contributed by atoms with E-state index in [0.717, 1.165) is 24.3 Å². The molecule has 1 aromatic rings. The Kier molecular flexibility index (Phi) is 4.83. The van der Waals surface area contributed by atoms with Crippen molar-refractivity contribution in [3.63, 3.8) is 0 Å². The van der Waals surface area contributed by atoms with Crippen LogP contribution in [0, 0.1) is 12.8 Å². The van der Waals surface area contributed by atoms with Crippen molar-refractivity contribution in [3.8, 4) is 0 Å². The van der Waals surface area contributed by atoms with Gasteiger partial charge in [0.05, 0.1) is 6.10 Å². The van der Waals surface area contributed by atoms with Gasteiger partial charge in [0.15, 0.2) is 0 Å². The van der Waals surface area contributed by atoms with Gasteiger partial charge in [-0.1, -0.05) is 56.5 Å². The normalized spacial score (nSPS) is 13.1. The summed E-state index contributed by atoms with van der Waals surface area (Å²) in [6.07, 6.45) is 2.89. The highest BCUT2D eigenvalue weighted by Gasteiger charge is 2.07. The van der Waals surface area contributed by atoms with Gasteiger partial charge in [0.25, 0.3) is 0 Å². The quantitative estimate of drug-likeness (QED) is 0.775. The Bertz CT molecular complexity index is 291. The van der Waals surface area contributed by atoms with E-state index in [9.17, 15) is 5.11 Å². The summed E-state index contributed by atoms with van der Waals surface area (Å²) in [4.78, 5) is 0. The lowest BCUT2D eigenvalue weighted by atomic mass is 9.99. The Hall–Kier alpha value is -0.820. The van der Waals surface area contributed by atoms with Gasteiger partial charge in [-0.3, -0.25) is 0 Å². The molecule has 0 amide bonds. The summed E-state index contributed by atoms with van der Waals surface area (Å²) in [5.41, 5.74) is 2.27. The molecule has 0 fully saturated rings. The largest absolute Gasteiger partial charge is 0.388 e. The van der Waals surface area contributed by atoms with Crippen LogP contribution in [-0.4, -0.2) is 5.11 Å². The van der Waals surface area contributed by atoms with E-state index < -0.39 is 0 Å². The first-order valence-corrected chi connectivity index (χ1v) is 5.84. The van der Waals surface area contributed by atoms with Gasteiger partial charge in [0.2, 0.25) is 0 Å². The second kappa shape index (κ2) is 5.92. The zero-order chi connectivity index (χ0) is 11.3. The maximum absolute atomic E-state index is 9.96. The lowest BCUT2D eigenvalue weighted by Crippen LogP contribution is -1.99. The number of hydrogen-bond acceptors (Lipinski definition) is 1. The van der Waals surface area contributed by atoms with Crippen LogP contribution in [0.4, 0.5) is 0 Å². The zero-order valence-corrected chi connectivity index (χ0v) is 10.0. The molecule has 0 saturated carbocycles. The van der Waals surface area contributed by atoms with Crippen molar-refractivity contribution in [2.45, 2.75) is 46.1 Å². The molecule has 1 atom stereocenters. The minimum atomic E-state index is -0.288. The molecular weight excluding hydrogens is 184 g/mol. The van der Waals surface area contributed by atoms with E-state index in [1.54, 1.807) is 0 Å². The first-order chi connectivity index (χ1) is 7.09. The molecule has 0 spiro atoms. The molecule has 0 aliphatic carbocycles. The molecule has 0 radical (unpaired) electrons. The molecule has 0 aromatic heterocycles. The van der Waals surface area contributed by atoms with Crippen LogP contribution in [0.15, 0.2) is 24.3 Å². The van der Waals surface area contributed by atoms with E-state index in [2.05, 4.69) is 32.9 Å². The van der Waals surface area contributed by atoms with Crippen LogP contribution in [0.25, 0.3) is 0 Å². The molecule has 84 valence electrons. The lowest BCUT2D eigenvalue weighted by molar-refractivity contribution is 0.162. The Labute approximate surface area is 93.1 Å². The van der Waals surface area contributed by atoms with E-state index in [0.29, 0.717) is 0 Å². The van der Waals surface area contributed by atoms with E-state index in [4.69, 9.17) is 0 Å². The SMILES string of the molecule is Cc1cccc(C(O)CCCC(C)C)c1. The fourth-order valence-electron chi connectivity index (χ4n) is 1.76. The van der Waals surface area contributed by atoms with Crippen LogP contribution >= 0.6 is 0 Å². The topological polar surface area (TPSA) is 20.2 Å². The third-order valence-corrected chi connectivity index (χ3v) is 2.69. The summed E-state index contributed by atoms with van der Waals surface area (Å²) in [5.74, 6) is 0.731. The molecule has 1 aromatic carbocycles. The maximum atomic E-state index is 9.96. The van der Waals surface area contributed by atoms with Crippen molar-refractivity contribution < 1.29 is 5.11 Å². The molecule has 1 heteroatoms. The van der Waals surface area contributed by atoms with Crippen LogP contribution in [0.2, 0.25) is 0 Å². The third kappa shape index (κ3) is 4.48. The minimum absolute atomic E-state index is 0.288. The van der Waals surface area contributed by atoms with Crippen LogP contribution < -0.4 is 0 Å². The van der Waals surface area contributed by atoms with Gasteiger partial charge in [-0.2, -0.15) is 0 Å². The van der Waals surface area contributed by atoms with E-state index in [1.165, 1.54) is 12.0 Å². The summed E-state index contributed by atoms with van der Waals surface area (Å²) < 4.78 is 0. The molecule has 0 bridgehead atoms. The second-order valence-electron chi connectivity index (χ2n) is 4.75. The summed E-state index contributed by atoms with van der Waals surface area (Å²) in [7, 11) is 0. The fraction of sp³-hybridized carbons (Fsp3) is 0.571. The van der Waals surface area contributed by atoms with Crippen LogP contribution in [0.3, 0.4) is 0 Å². The summed E-state index contributed by atoms with van der Waals surface area (Å²) in [6.45, 7) is 6.50. The van der Waals surface area contributed by atoms with Crippen molar-refractivity contribution in [2.24, 2.45) is 5.92 Å². The van der Waals surface area contributed by atoms with Gasteiger partial charge in [0, 0.05) is 0 Å². The van der Waals surface area contributed by atoms with Crippen molar-refractivity contribution in [2.75, 3.05) is 0 Å². The van der Waals surface area contributed by atoms with Crippen molar-refractivity contribution in [3.05, 3.63) is 35.4 Å². The number of aryl methyl sites for hydroxylation is 1. The predicted molar refractivity (Wildman–Crippen MR) is 64.8 cm³/mol. The first kappa shape index (κ1) is 12.3. The van der Waals surface area contributed by atoms with Gasteiger partial charge >= 0.3 is 0 Å². The van der Waals surface area contributed by atoms with Crippen molar-refractivity contribution in [1.82, 2.24) is 0 Å². The number of hydrogen-bond donors (Lipinski definition) is 1. The van der Waals surface area contributed by atoms with Gasteiger partial charge in [-0.25, -0.2) is 0 Å². The second-order valence-corrected chi connectivity index (χ2v) is 4.75. The minimum Gasteiger partial charge on any atom is -0.388 e. The number of rotatable bonds is 5. The van der Waals surface area contributed by atoms with Crippen molar-refractivity contribution in [1.29, 1.82) is 0 Å². The summed E-state index contributed by atoms with van der Waals surface area (Å²) in [6, 6.07) is 8.15. The smallest absolute Gasteiger partial charge is 0.0790 e. The highest BCUT2D eigenvalue weighted by atomic mass is 16.3. The standard InChI is InChI=1S/C14H22O/c1-11(2)6-4-9-14(15)13-8-5-7-12(3)10-13/h5,7-8,10-11,14-15H,4,6,9H2,1-3H3. The third-order valence-electron chi connectivity index (χ3n) is 2.69. The summed E-state index contributed by atoms with van der Waals surface area (Å²) in [5, 5.41) is 9.96. The number of aliphatic hydroxyl groups is 1. The Balaban J connectivity index is 2.43. The van der Waals surface area contributed by atoms with Crippen LogP contribution in [-0.2, 0) is 0 Å².